The van der Waals surface area contributed by atoms with E-state index in [0.29, 0.717) is 17.4 Å². The molecular weight excluding hydrogens is 350 g/mol. The molecule has 0 aliphatic heterocycles. The maximum absolute atomic E-state index is 12.9. The van der Waals surface area contributed by atoms with E-state index in [1.807, 2.05) is 13.8 Å². The Labute approximate surface area is 156 Å². The molecular formula is C20H23NO6. The van der Waals surface area contributed by atoms with Crippen molar-refractivity contribution in [3.05, 3.63) is 29.3 Å². The number of benzene rings is 2. The molecule has 0 spiro atoms. The van der Waals surface area contributed by atoms with E-state index < -0.39 is 12.5 Å². The molecule has 0 saturated carbocycles. The standard InChI is InChI=1S/C20H23NO6/c1-3-4-14-10(2)5-11-6-12-7-13(27-9-16(23)21-26)8-15(22)17(12)20(25)18(11)19(14)24/h6-8,10,14,22,25-26H,3-5,9H2,1-2H3,(H,21,23)/t10-,14+/m1/s1. The van der Waals surface area contributed by atoms with Crippen LogP contribution in [0.1, 0.15) is 42.6 Å². The summed E-state index contributed by atoms with van der Waals surface area (Å²) in [4.78, 5) is 24.0. The Kier molecular flexibility index (Phi) is 5.23. The molecule has 3 rings (SSSR count). The largest absolute Gasteiger partial charge is 0.507 e. The predicted molar refractivity (Wildman–Crippen MR) is 98.3 cm³/mol. The summed E-state index contributed by atoms with van der Waals surface area (Å²) >= 11 is 0. The third-order valence-electron chi connectivity index (χ3n) is 5.15. The van der Waals surface area contributed by atoms with E-state index in [0.717, 1.165) is 18.4 Å². The average molecular weight is 373 g/mol. The number of nitrogens with one attached hydrogen (secondary N) is 1. The number of hydrogen-bond acceptors (Lipinski definition) is 6. The van der Waals surface area contributed by atoms with Gasteiger partial charge in [-0.05, 0) is 41.8 Å². The highest BCUT2D eigenvalue weighted by atomic mass is 16.5. The van der Waals surface area contributed by atoms with Crippen molar-refractivity contribution in [1.29, 1.82) is 0 Å². The second kappa shape index (κ2) is 7.44. The fourth-order valence-corrected chi connectivity index (χ4v) is 3.89. The second-order valence-electron chi connectivity index (χ2n) is 7.06. The Morgan fingerprint density at radius 3 is 2.70 bits per heavy atom. The number of hydroxylamine groups is 1. The van der Waals surface area contributed by atoms with E-state index >= 15 is 0 Å². The van der Waals surface area contributed by atoms with Gasteiger partial charge in [0.2, 0.25) is 0 Å². The normalized spacial score (nSPS) is 19.0. The van der Waals surface area contributed by atoms with Crippen molar-refractivity contribution in [2.24, 2.45) is 11.8 Å². The Balaban J connectivity index is 2.07. The van der Waals surface area contributed by atoms with Crippen LogP contribution in [0.3, 0.4) is 0 Å². The van der Waals surface area contributed by atoms with Crippen molar-refractivity contribution in [3.8, 4) is 17.2 Å². The molecule has 144 valence electrons. The van der Waals surface area contributed by atoms with Crippen LogP contribution >= 0.6 is 0 Å². The summed E-state index contributed by atoms with van der Waals surface area (Å²) < 4.78 is 5.24. The lowest BCUT2D eigenvalue weighted by atomic mass is 9.73. The first kappa shape index (κ1) is 19.0. The molecule has 7 heteroatoms. The number of phenolic OH excluding ortho intramolecular Hbond substituents is 2. The summed E-state index contributed by atoms with van der Waals surface area (Å²) in [6.07, 6.45) is 2.31. The van der Waals surface area contributed by atoms with Gasteiger partial charge in [0.15, 0.2) is 12.4 Å². The van der Waals surface area contributed by atoms with Gasteiger partial charge in [-0.25, -0.2) is 5.48 Å². The molecule has 4 N–H and O–H groups in total. The van der Waals surface area contributed by atoms with E-state index in [2.05, 4.69) is 0 Å². The molecule has 0 unspecified atom stereocenters. The third kappa shape index (κ3) is 3.42. The zero-order chi connectivity index (χ0) is 19.7. The molecule has 1 amide bonds. The zero-order valence-electron chi connectivity index (χ0n) is 15.3. The summed E-state index contributed by atoms with van der Waals surface area (Å²) in [5.41, 5.74) is 2.50. The molecule has 2 atom stereocenters. The lowest BCUT2D eigenvalue weighted by Gasteiger charge is -2.30. The van der Waals surface area contributed by atoms with Crippen LogP contribution in [0.5, 0.6) is 17.2 Å². The van der Waals surface area contributed by atoms with Gasteiger partial charge in [0, 0.05) is 12.0 Å². The van der Waals surface area contributed by atoms with Gasteiger partial charge in [-0.3, -0.25) is 14.8 Å². The summed E-state index contributed by atoms with van der Waals surface area (Å²) in [6, 6.07) is 4.62. The van der Waals surface area contributed by atoms with Gasteiger partial charge in [0.25, 0.3) is 5.91 Å². The highest BCUT2D eigenvalue weighted by Crippen LogP contribution is 2.44. The Morgan fingerprint density at radius 2 is 2.04 bits per heavy atom. The van der Waals surface area contributed by atoms with Crippen molar-refractivity contribution in [3.63, 3.8) is 0 Å². The number of amides is 1. The van der Waals surface area contributed by atoms with Crippen LogP contribution in [-0.2, 0) is 11.2 Å². The number of ether oxygens (including phenoxy) is 1. The molecule has 2 aromatic carbocycles. The van der Waals surface area contributed by atoms with E-state index in [9.17, 15) is 19.8 Å². The minimum absolute atomic E-state index is 0.0793. The Hall–Kier alpha value is -2.80. The molecule has 0 bridgehead atoms. The number of Topliss-reactive ketones (excluding diaryl/α,β-unsaturated/α-hetero) is 1. The number of ketones is 1. The van der Waals surface area contributed by atoms with Gasteiger partial charge in [-0.15, -0.1) is 0 Å². The van der Waals surface area contributed by atoms with Crippen LogP contribution in [0.25, 0.3) is 10.8 Å². The molecule has 7 nitrogen and oxygen atoms in total. The van der Waals surface area contributed by atoms with Gasteiger partial charge >= 0.3 is 0 Å². The summed E-state index contributed by atoms with van der Waals surface area (Å²) in [5, 5.41) is 30.3. The van der Waals surface area contributed by atoms with Crippen molar-refractivity contribution >= 4 is 22.5 Å². The molecule has 0 heterocycles. The molecule has 2 aromatic rings. The highest BCUT2D eigenvalue weighted by molar-refractivity contribution is 6.09. The maximum atomic E-state index is 12.9. The molecule has 0 fully saturated rings. The zero-order valence-corrected chi connectivity index (χ0v) is 15.3. The van der Waals surface area contributed by atoms with Gasteiger partial charge < -0.3 is 14.9 Å². The first-order chi connectivity index (χ1) is 12.9. The van der Waals surface area contributed by atoms with Crippen molar-refractivity contribution in [2.75, 3.05) is 6.61 Å². The van der Waals surface area contributed by atoms with Crippen LogP contribution in [0, 0.1) is 11.8 Å². The van der Waals surface area contributed by atoms with E-state index in [1.54, 1.807) is 12.1 Å². The van der Waals surface area contributed by atoms with Crippen LogP contribution in [0.2, 0.25) is 0 Å². The van der Waals surface area contributed by atoms with Crippen LogP contribution in [-0.4, -0.2) is 33.7 Å². The summed E-state index contributed by atoms with van der Waals surface area (Å²) in [5.74, 6) is -1.02. The fourth-order valence-electron chi connectivity index (χ4n) is 3.89. The van der Waals surface area contributed by atoms with Crippen LogP contribution in [0.15, 0.2) is 18.2 Å². The Bertz CT molecular complexity index is 907. The summed E-state index contributed by atoms with van der Waals surface area (Å²) in [7, 11) is 0. The smallest absolute Gasteiger partial charge is 0.281 e. The number of hydrogen-bond donors (Lipinski definition) is 4. The molecule has 27 heavy (non-hydrogen) atoms. The monoisotopic (exact) mass is 373 g/mol. The average Bonchev–Trinajstić information content (AvgIpc) is 2.62. The van der Waals surface area contributed by atoms with E-state index in [4.69, 9.17) is 9.94 Å². The summed E-state index contributed by atoms with van der Waals surface area (Å²) in [6.45, 7) is 3.64. The van der Waals surface area contributed by atoms with Crippen molar-refractivity contribution in [2.45, 2.75) is 33.1 Å². The van der Waals surface area contributed by atoms with Crippen molar-refractivity contribution < 1.29 is 29.7 Å². The fraction of sp³-hybridized carbons (Fsp3) is 0.400. The number of aromatic hydroxyl groups is 2. The topological polar surface area (TPSA) is 116 Å². The number of rotatable bonds is 5. The Morgan fingerprint density at radius 1 is 1.30 bits per heavy atom. The molecule has 1 aliphatic carbocycles. The number of carbonyl (C=O) groups is 2. The lowest BCUT2D eigenvalue weighted by molar-refractivity contribution is -0.131. The van der Waals surface area contributed by atoms with E-state index in [1.165, 1.54) is 11.5 Å². The van der Waals surface area contributed by atoms with Crippen LogP contribution in [0.4, 0.5) is 0 Å². The first-order valence-corrected chi connectivity index (χ1v) is 8.98. The van der Waals surface area contributed by atoms with Gasteiger partial charge in [0.1, 0.15) is 17.2 Å². The predicted octanol–water partition coefficient (Wildman–Crippen LogP) is 2.93. The number of carbonyl (C=O) groups excluding carboxylic acids is 2. The minimum Gasteiger partial charge on any atom is -0.507 e. The van der Waals surface area contributed by atoms with Gasteiger partial charge in [-0.2, -0.15) is 0 Å². The number of phenols is 2. The lowest BCUT2D eigenvalue weighted by Crippen LogP contribution is -2.30. The quantitative estimate of drug-likeness (QED) is 0.473. The molecule has 1 aliphatic rings. The minimum atomic E-state index is -0.732. The molecule has 0 radical (unpaired) electrons. The first-order valence-electron chi connectivity index (χ1n) is 8.98. The second-order valence-corrected chi connectivity index (χ2v) is 7.06. The van der Waals surface area contributed by atoms with Crippen LogP contribution < -0.4 is 10.2 Å². The number of fused-ring (bicyclic) bond motifs is 2. The maximum Gasteiger partial charge on any atom is 0.281 e. The van der Waals surface area contributed by atoms with E-state index in [-0.39, 0.29) is 40.3 Å². The van der Waals surface area contributed by atoms with Gasteiger partial charge in [-0.1, -0.05) is 20.3 Å². The molecule has 0 saturated heterocycles. The van der Waals surface area contributed by atoms with Gasteiger partial charge in [0.05, 0.1) is 10.9 Å². The van der Waals surface area contributed by atoms with Crippen molar-refractivity contribution in [1.82, 2.24) is 5.48 Å². The molecule has 0 aromatic heterocycles. The highest BCUT2D eigenvalue weighted by Gasteiger charge is 2.35. The SMILES string of the molecule is CCC[C@@H]1C(=O)c2c(cc3cc(OCC(=O)NO)cc(O)c3c2O)C[C@H]1C. The third-order valence-corrected chi connectivity index (χ3v) is 5.15.